The monoisotopic (exact) mass is 359 g/mol. The van der Waals surface area contributed by atoms with Gasteiger partial charge in [-0.25, -0.2) is 0 Å². The van der Waals surface area contributed by atoms with E-state index in [4.69, 9.17) is 4.74 Å². The Morgan fingerprint density at radius 3 is 2.85 bits per heavy atom. The van der Waals surface area contributed by atoms with Crippen LogP contribution in [0.1, 0.15) is 25.7 Å². The summed E-state index contributed by atoms with van der Waals surface area (Å²) >= 11 is 0. The highest BCUT2D eigenvalue weighted by molar-refractivity contribution is 5.78. The highest BCUT2D eigenvalue weighted by Crippen LogP contribution is 2.31. The number of likely N-dealkylation sites (N-methyl/N-ethyl adjacent to an activating group) is 1. The average Bonchev–Trinajstić information content (AvgIpc) is 2.67. The molecule has 1 aromatic rings. The molecular weight excluding hydrogens is 330 g/mol. The molecule has 0 bridgehead atoms. The van der Waals surface area contributed by atoms with E-state index in [0.29, 0.717) is 25.4 Å². The van der Waals surface area contributed by atoms with Gasteiger partial charge in [-0.1, -0.05) is 18.2 Å². The number of ether oxygens (including phenoxy) is 1. The number of hydrogen-bond acceptors (Lipinski definition) is 4. The molecule has 1 aromatic carbocycles. The van der Waals surface area contributed by atoms with Crippen LogP contribution in [0.4, 0.5) is 0 Å². The standard InChI is InChI=1S/C20H29N3O3/c1-21-11-13-23-18-9-12-22(15-16(18)7-8-20(23)25)19(24)10-14-26-17-5-3-2-4-6-17/h2-6,16,18,21H,7-15H2,1H3/t16-,18+/m0/s1. The molecule has 2 atom stereocenters. The summed E-state index contributed by atoms with van der Waals surface area (Å²) in [6, 6.07) is 9.87. The molecule has 1 N–H and O–H groups in total. The third-order valence-electron chi connectivity index (χ3n) is 5.43. The Balaban J connectivity index is 1.48. The van der Waals surface area contributed by atoms with Crippen LogP contribution in [0, 0.1) is 5.92 Å². The predicted octanol–water partition coefficient (Wildman–Crippen LogP) is 1.51. The predicted molar refractivity (Wildman–Crippen MR) is 99.9 cm³/mol. The summed E-state index contributed by atoms with van der Waals surface area (Å²) in [4.78, 5) is 28.8. The molecule has 2 aliphatic heterocycles. The van der Waals surface area contributed by atoms with Crippen molar-refractivity contribution >= 4 is 11.8 Å². The number of amides is 2. The molecule has 6 heteroatoms. The second-order valence-electron chi connectivity index (χ2n) is 7.10. The topological polar surface area (TPSA) is 61.9 Å². The van der Waals surface area contributed by atoms with E-state index >= 15 is 0 Å². The van der Waals surface area contributed by atoms with Crippen molar-refractivity contribution in [3.05, 3.63) is 30.3 Å². The summed E-state index contributed by atoms with van der Waals surface area (Å²) in [5, 5.41) is 3.12. The summed E-state index contributed by atoms with van der Waals surface area (Å²) in [6.07, 6.45) is 2.77. The number of benzene rings is 1. The van der Waals surface area contributed by atoms with E-state index in [1.54, 1.807) is 0 Å². The van der Waals surface area contributed by atoms with Crippen LogP contribution in [0.5, 0.6) is 5.75 Å². The van der Waals surface area contributed by atoms with Crippen molar-refractivity contribution in [2.45, 2.75) is 31.7 Å². The zero-order chi connectivity index (χ0) is 18.4. The van der Waals surface area contributed by atoms with Gasteiger partial charge in [-0.2, -0.15) is 0 Å². The first-order valence-electron chi connectivity index (χ1n) is 9.58. The number of piperidine rings is 2. The van der Waals surface area contributed by atoms with E-state index < -0.39 is 0 Å². The van der Waals surface area contributed by atoms with Gasteiger partial charge in [-0.05, 0) is 37.9 Å². The lowest BCUT2D eigenvalue weighted by molar-refractivity contribution is -0.144. The molecule has 2 amide bonds. The zero-order valence-corrected chi connectivity index (χ0v) is 15.5. The first-order valence-corrected chi connectivity index (χ1v) is 9.58. The highest BCUT2D eigenvalue weighted by Gasteiger charge is 2.39. The number of rotatable bonds is 7. The molecule has 2 heterocycles. The Bertz CT molecular complexity index is 608. The van der Waals surface area contributed by atoms with Gasteiger partial charge in [0.25, 0.3) is 0 Å². The van der Waals surface area contributed by atoms with Crippen molar-refractivity contribution in [2.24, 2.45) is 5.92 Å². The smallest absolute Gasteiger partial charge is 0.226 e. The van der Waals surface area contributed by atoms with Crippen molar-refractivity contribution in [1.29, 1.82) is 0 Å². The largest absolute Gasteiger partial charge is 0.493 e. The van der Waals surface area contributed by atoms with Crippen LogP contribution in [-0.2, 0) is 9.59 Å². The van der Waals surface area contributed by atoms with E-state index in [1.165, 1.54) is 0 Å². The number of carbonyl (C=O) groups is 2. The van der Waals surface area contributed by atoms with Crippen LogP contribution in [0.2, 0.25) is 0 Å². The van der Waals surface area contributed by atoms with Crippen LogP contribution in [-0.4, -0.2) is 67.5 Å². The number of nitrogens with one attached hydrogen (secondary N) is 1. The number of para-hydroxylation sites is 1. The van der Waals surface area contributed by atoms with Crippen molar-refractivity contribution in [1.82, 2.24) is 15.1 Å². The lowest BCUT2D eigenvalue weighted by Crippen LogP contribution is -2.57. The Labute approximate surface area is 155 Å². The maximum Gasteiger partial charge on any atom is 0.226 e. The molecule has 0 radical (unpaired) electrons. The molecule has 0 aliphatic carbocycles. The van der Waals surface area contributed by atoms with Gasteiger partial charge in [0.05, 0.1) is 13.0 Å². The minimum atomic E-state index is 0.151. The molecule has 142 valence electrons. The molecule has 0 spiro atoms. The molecule has 0 saturated carbocycles. The average molecular weight is 359 g/mol. The number of hydrogen-bond donors (Lipinski definition) is 1. The third-order valence-corrected chi connectivity index (χ3v) is 5.43. The van der Waals surface area contributed by atoms with Gasteiger partial charge >= 0.3 is 0 Å². The SMILES string of the molecule is CNCCN1C(=O)CC[C@H]2CN(C(=O)CCOc3ccccc3)CC[C@H]21. The molecule has 2 fully saturated rings. The summed E-state index contributed by atoms with van der Waals surface area (Å²) in [5.41, 5.74) is 0. The Morgan fingerprint density at radius 1 is 1.27 bits per heavy atom. The van der Waals surface area contributed by atoms with E-state index in [-0.39, 0.29) is 17.9 Å². The fourth-order valence-electron chi connectivity index (χ4n) is 4.03. The molecule has 0 unspecified atom stereocenters. The number of carbonyl (C=O) groups excluding carboxylic acids is 2. The second kappa shape index (κ2) is 9.03. The van der Waals surface area contributed by atoms with Crippen LogP contribution >= 0.6 is 0 Å². The first kappa shape index (κ1) is 18.7. The Morgan fingerprint density at radius 2 is 2.08 bits per heavy atom. The van der Waals surface area contributed by atoms with Gasteiger partial charge in [-0.15, -0.1) is 0 Å². The lowest BCUT2D eigenvalue weighted by atomic mass is 9.83. The maximum absolute atomic E-state index is 12.5. The number of fused-ring (bicyclic) bond motifs is 1. The molecule has 3 rings (SSSR count). The van der Waals surface area contributed by atoms with E-state index in [2.05, 4.69) is 5.32 Å². The van der Waals surface area contributed by atoms with Crippen molar-refractivity contribution < 1.29 is 14.3 Å². The van der Waals surface area contributed by atoms with Crippen molar-refractivity contribution in [2.75, 3.05) is 39.8 Å². The maximum atomic E-state index is 12.5. The summed E-state index contributed by atoms with van der Waals surface area (Å²) in [5.74, 6) is 1.61. The van der Waals surface area contributed by atoms with Gasteiger partial charge in [-0.3, -0.25) is 9.59 Å². The van der Waals surface area contributed by atoms with E-state index in [1.807, 2.05) is 47.2 Å². The van der Waals surface area contributed by atoms with E-state index in [0.717, 1.165) is 44.8 Å². The minimum absolute atomic E-state index is 0.151. The van der Waals surface area contributed by atoms with Crippen LogP contribution < -0.4 is 10.1 Å². The molecular formula is C20H29N3O3. The number of nitrogens with zero attached hydrogens (tertiary/aromatic N) is 2. The van der Waals surface area contributed by atoms with Crippen LogP contribution in [0.3, 0.4) is 0 Å². The summed E-state index contributed by atoms with van der Waals surface area (Å²) in [6.45, 7) is 3.47. The molecule has 2 saturated heterocycles. The molecule has 26 heavy (non-hydrogen) atoms. The van der Waals surface area contributed by atoms with Gasteiger partial charge in [0, 0.05) is 38.6 Å². The third kappa shape index (κ3) is 4.55. The molecule has 6 nitrogen and oxygen atoms in total. The zero-order valence-electron chi connectivity index (χ0n) is 15.5. The molecule has 0 aromatic heterocycles. The van der Waals surface area contributed by atoms with Crippen LogP contribution in [0.15, 0.2) is 30.3 Å². The van der Waals surface area contributed by atoms with Crippen molar-refractivity contribution in [3.63, 3.8) is 0 Å². The van der Waals surface area contributed by atoms with Gasteiger partial charge in [0.2, 0.25) is 11.8 Å². The lowest BCUT2D eigenvalue weighted by Gasteiger charge is -2.47. The fourth-order valence-corrected chi connectivity index (χ4v) is 4.03. The Hall–Kier alpha value is -2.08. The van der Waals surface area contributed by atoms with Crippen molar-refractivity contribution in [3.8, 4) is 5.75 Å². The number of likely N-dealkylation sites (tertiary alicyclic amines) is 2. The van der Waals surface area contributed by atoms with Gasteiger partial charge < -0.3 is 19.9 Å². The highest BCUT2D eigenvalue weighted by atomic mass is 16.5. The van der Waals surface area contributed by atoms with E-state index in [9.17, 15) is 9.59 Å². The molecule has 2 aliphatic rings. The normalized spacial score (nSPS) is 22.9. The van der Waals surface area contributed by atoms with Gasteiger partial charge in [0.1, 0.15) is 5.75 Å². The summed E-state index contributed by atoms with van der Waals surface area (Å²) < 4.78 is 5.64. The van der Waals surface area contributed by atoms with Gasteiger partial charge in [0.15, 0.2) is 0 Å². The quantitative estimate of drug-likeness (QED) is 0.802. The fraction of sp³-hybridized carbons (Fsp3) is 0.600. The van der Waals surface area contributed by atoms with Crippen LogP contribution in [0.25, 0.3) is 0 Å². The minimum Gasteiger partial charge on any atom is -0.493 e. The Kier molecular flexibility index (Phi) is 6.50. The first-order chi connectivity index (χ1) is 12.7. The summed E-state index contributed by atoms with van der Waals surface area (Å²) in [7, 11) is 1.91. The second-order valence-corrected chi connectivity index (χ2v) is 7.10.